The van der Waals surface area contributed by atoms with Crippen molar-refractivity contribution in [1.29, 1.82) is 0 Å². The average molecular weight is 345 g/mol. The molecule has 0 unspecified atom stereocenters. The fourth-order valence-electron chi connectivity index (χ4n) is 2.19. The Labute approximate surface area is 141 Å². The zero-order valence-electron chi connectivity index (χ0n) is 12.0. The van der Waals surface area contributed by atoms with Crippen LogP contribution < -0.4 is 10.6 Å². The quantitative estimate of drug-likeness (QED) is 0.387. The number of rotatable bonds is 3. The molecule has 1 amide bonds. The van der Waals surface area contributed by atoms with Gasteiger partial charge in [-0.25, -0.2) is 0 Å². The van der Waals surface area contributed by atoms with E-state index >= 15 is 0 Å². The predicted octanol–water partition coefficient (Wildman–Crippen LogP) is 2.98. The summed E-state index contributed by atoms with van der Waals surface area (Å²) >= 11 is 6.32. The van der Waals surface area contributed by atoms with E-state index < -0.39 is 0 Å². The number of aryl methyl sites for hydroxylation is 1. The van der Waals surface area contributed by atoms with Crippen molar-refractivity contribution >= 4 is 46.3 Å². The van der Waals surface area contributed by atoms with Gasteiger partial charge in [-0.1, -0.05) is 12.1 Å². The number of thiophene rings is 1. The van der Waals surface area contributed by atoms with Crippen molar-refractivity contribution in [3.05, 3.63) is 55.9 Å². The SMILES string of the molecule is Cc1ccc(-c2csc(C=C3NC(=S)NC3=O)c2)cc1[N+](=O)[O-]. The van der Waals surface area contributed by atoms with E-state index in [0.29, 0.717) is 11.3 Å². The van der Waals surface area contributed by atoms with Crippen LogP contribution in [0.1, 0.15) is 10.4 Å². The second kappa shape index (κ2) is 5.90. The number of nitrogens with zero attached hydrogens (tertiary/aromatic N) is 1. The van der Waals surface area contributed by atoms with E-state index in [0.717, 1.165) is 16.0 Å². The Morgan fingerprint density at radius 2 is 2.04 bits per heavy atom. The molecule has 6 nitrogen and oxygen atoms in total. The number of benzene rings is 1. The highest BCUT2D eigenvalue weighted by atomic mass is 32.1. The van der Waals surface area contributed by atoms with Gasteiger partial charge in [-0.3, -0.25) is 20.2 Å². The van der Waals surface area contributed by atoms with Crippen molar-refractivity contribution < 1.29 is 9.72 Å². The van der Waals surface area contributed by atoms with Crippen molar-refractivity contribution in [2.24, 2.45) is 0 Å². The van der Waals surface area contributed by atoms with Gasteiger partial charge in [-0.05, 0) is 47.8 Å². The normalized spacial score (nSPS) is 15.6. The van der Waals surface area contributed by atoms with Crippen LogP contribution in [-0.2, 0) is 4.79 Å². The Morgan fingerprint density at radius 3 is 2.70 bits per heavy atom. The van der Waals surface area contributed by atoms with Crippen molar-refractivity contribution in [2.75, 3.05) is 0 Å². The maximum atomic E-state index is 11.6. The fourth-order valence-corrected chi connectivity index (χ4v) is 3.24. The first-order valence-corrected chi connectivity index (χ1v) is 7.91. The Kier molecular flexibility index (Phi) is 3.93. The first-order chi connectivity index (χ1) is 10.9. The van der Waals surface area contributed by atoms with Crippen LogP contribution in [-0.4, -0.2) is 15.9 Å². The third-order valence-corrected chi connectivity index (χ3v) is 4.45. The van der Waals surface area contributed by atoms with E-state index in [1.807, 2.05) is 17.5 Å². The molecule has 1 fully saturated rings. The zero-order chi connectivity index (χ0) is 16.6. The molecule has 23 heavy (non-hydrogen) atoms. The second-order valence-corrected chi connectivity index (χ2v) is 6.31. The van der Waals surface area contributed by atoms with Crippen molar-refractivity contribution in [1.82, 2.24) is 10.6 Å². The van der Waals surface area contributed by atoms with Crippen LogP contribution in [0.2, 0.25) is 0 Å². The Bertz CT molecular complexity index is 871. The van der Waals surface area contributed by atoms with Crippen LogP contribution >= 0.6 is 23.6 Å². The molecule has 1 aliphatic rings. The molecule has 1 aromatic heterocycles. The fraction of sp³-hybridized carbons (Fsp3) is 0.0667. The van der Waals surface area contributed by atoms with Crippen LogP contribution in [0, 0.1) is 17.0 Å². The minimum atomic E-state index is -0.387. The summed E-state index contributed by atoms with van der Waals surface area (Å²) in [5.41, 5.74) is 2.74. The lowest BCUT2D eigenvalue weighted by Crippen LogP contribution is -2.21. The highest BCUT2D eigenvalue weighted by Gasteiger charge is 2.20. The lowest BCUT2D eigenvalue weighted by molar-refractivity contribution is -0.385. The molecule has 1 aromatic carbocycles. The molecule has 0 spiro atoms. The molecule has 116 valence electrons. The molecule has 0 radical (unpaired) electrons. The zero-order valence-corrected chi connectivity index (χ0v) is 13.6. The number of thiocarbonyl (C=S) groups is 1. The summed E-state index contributed by atoms with van der Waals surface area (Å²) in [4.78, 5) is 23.1. The van der Waals surface area contributed by atoms with E-state index in [4.69, 9.17) is 12.2 Å². The smallest absolute Gasteiger partial charge is 0.273 e. The topological polar surface area (TPSA) is 84.3 Å². The molecule has 1 aliphatic heterocycles. The largest absolute Gasteiger partial charge is 0.328 e. The summed E-state index contributed by atoms with van der Waals surface area (Å²) in [6, 6.07) is 7.01. The average Bonchev–Trinajstić information content (AvgIpc) is 3.06. The van der Waals surface area contributed by atoms with Crippen molar-refractivity contribution in [2.45, 2.75) is 6.92 Å². The molecule has 2 heterocycles. The van der Waals surface area contributed by atoms with Crippen molar-refractivity contribution in [3.8, 4) is 11.1 Å². The first kappa shape index (κ1) is 15.3. The molecule has 0 saturated carbocycles. The molecule has 1 saturated heterocycles. The molecular formula is C15H11N3O3S2. The van der Waals surface area contributed by atoms with E-state index in [2.05, 4.69) is 10.6 Å². The third kappa shape index (κ3) is 3.13. The van der Waals surface area contributed by atoms with Crippen LogP contribution in [0.25, 0.3) is 17.2 Å². The highest BCUT2D eigenvalue weighted by Crippen LogP contribution is 2.31. The number of nitrogens with one attached hydrogen (secondary N) is 2. The van der Waals surface area contributed by atoms with Gasteiger partial charge in [0.05, 0.1) is 4.92 Å². The molecule has 0 aliphatic carbocycles. The minimum absolute atomic E-state index is 0.0933. The summed E-state index contributed by atoms with van der Waals surface area (Å²) in [6.07, 6.45) is 1.70. The standard InChI is InChI=1S/C15H11N3O3S2/c1-8-2-3-9(5-13(8)18(20)21)10-4-11(23-7-10)6-12-14(19)17-15(22)16-12/h2-7H,1H3,(H2,16,17,19,22). The molecule has 2 aromatic rings. The number of nitro groups is 1. The number of carbonyl (C=O) groups excluding carboxylic acids is 1. The van der Waals surface area contributed by atoms with Crippen molar-refractivity contribution in [3.63, 3.8) is 0 Å². The van der Waals surface area contributed by atoms with Crippen LogP contribution in [0.15, 0.2) is 35.3 Å². The van der Waals surface area contributed by atoms with Crippen LogP contribution in [0.5, 0.6) is 0 Å². The van der Waals surface area contributed by atoms with Gasteiger partial charge >= 0.3 is 0 Å². The summed E-state index contributed by atoms with van der Waals surface area (Å²) < 4.78 is 0. The number of amides is 1. The summed E-state index contributed by atoms with van der Waals surface area (Å²) in [6.45, 7) is 1.71. The molecule has 0 bridgehead atoms. The molecule has 3 rings (SSSR count). The van der Waals surface area contributed by atoms with Gasteiger partial charge in [0.25, 0.3) is 11.6 Å². The summed E-state index contributed by atoms with van der Waals surface area (Å²) in [7, 11) is 0. The van der Waals surface area contributed by atoms with Gasteiger partial charge in [-0.15, -0.1) is 11.3 Å². The predicted molar refractivity (Wildman–Crippen MR) is 93.0 cm³/mol. The second-order valence-electron chi connectivity index (χ2n) is 4.96. The number of hydrogen-bond donors (Lipinski definition) is 2. The van der Waals surface area contributed by atoms with Gasteiger partial charge in [-0.2, -0.15) is 0 Å². The highest BCUT2D eigenvalue weighted by molar-refractivity contribution is 7.80. The van der Waals surface area contributed by atoms with Gasteiger partial charge < -0.3 is 5.32 Å². The van der Waals surface area contributed by atoms with E-state index in [1.54, 1.807) is 25.1 Å². The van der Waals surface area contributed by atoms with E-state index in [-0.39, 0.29) is 21.6 Å². The Hall–Kier alpha value is -2.58. The molecule has 2 N–H and O–H groups in total. The van der Waals surface area contributed by atoms with Gasteiger partial charge in [0, 0.05) is 16.5 Å². The Balaban J connectivity index is 1.92. The first-order valence-electron chi connectivity index (χ1n) is 6.62. The van der Waals surface area contributed by atoms with Gasteiger partial charge in [0.1, 0.15) is 5.70 Å². The lowest BCUT2D eigenvalue weighted by Gasteiger charge is -2.00. The molecule has 0 atom stereocenters. The summed E-state index contributed by atoms with van der Waals surface area (Å²) in [5, 5.41) is 18.5. The minimum Gasteiger partial charge on any atom is -0.328 e. The molecule has 8 heteroatoms. The van der Waals surface area contributed by atoms with Gasteiger partial charge in [0.15, 0.2) is 5.11 Å². The molecular weight excluding hydrogens is 334 g/mol. The number of nitro benzene ring substituents is 1. The van der Waals surface area contributed by atoms with E-state index in [1.165, 1.54) is 11.3 Å². The maximum absolute atomic E-state index is 11.6. The van der Waals surface area contributed by atoms with Crippen LogP contribution in [0.4, 0.5) is 5.69 Å². The number of hydrogen-bond acceptors (Lipinski definition) is 5. The lowest BCUT2D eigenvalue weighted by atomic mass is 10.1. The third-order valence-electron chi connectivity index (χ3n) is 3.37. The maximum Gasteiger partial charge on any atom is 0.273 e. The van der Waals surface area contributed by atoms with Gasteiger partial charge in [0.2, 0.25) is 0 Å². The number of carbonyl (C=O) groups is 1. The van der Waals surface area contributed by atoms with Crippen LogP contribution in [0.3, 0.4) is 0 Å². The monoisotopic (exact) mass is 345 g/mol. The van der Waals surface area contributed by atoms with E-state index in [9.17, 15) is 14.9 Å². The summed E-state index contributed by atoms with van der Waals surface area (Å²) in [5.74, 6) is -0.268. The Morgan fingerprint density at radius 1 is 1.26 bits per heavy atom.